The van der Waals surface area contributed by atoms with E-state index >= 15 is 0 Å². The van der Waals surface area contributed by atoms with Gasteiger partial charge >= 0.3 is 0 Å². The molecule has 0 bridgehead atoms. The molecule has 0 unspecified atom stereocenters. The van der Waals surface area contributed by atoms with Crippen molar-refractivity contribution in [3.05, 3.63) is 23.3 Å². The maximum absolute atomic E-state index is 5.78. The first-order valence-electron chi connectivity index (χ1n) is 6.03. The van der Waals surface area contributed by atoms with E-state index in [1.165, 1.54) is 11.1 Å². The van der Waals surface area contributed by atoms with E-state index in [4.69, 9.17) is 9.47 Å². The predicted molar refractivity (Wildman–Crippen MR) is 65.6 cm³/mol. The highest BCUT2D eigenvalue weighted by Gasteiger charge is 2.22. The number of hydrogen-bond acceptors (Lipinski definition) is 2. The highest BCUT2D eigenvalue weighted by molar-refractivity contribution is 5.54. The van der Waals surface area contributed by atoms with Crippen molar-refractivity contribution < 1.29 is 9.47 Å². The van der Waals surface area contributed by atoms with Gasteiger partial charge in [-0.3, -0.25) is 0 Å². The van der Waals surface area contributed by atoms with Crippen molar-refractivity contribution in [3.8, 4) is 11.5 Å². The molecule has 2 rings (SSSR count). The molecular weight excluding hydrogens is 200 g/mol. The molecule has 16 heavy (non-hydrogen) atoms. The van der Waals surface area contributed by atoms with E-state index in [1.807, 2.05) is 0 Å². The summed E-state index contributed by atoms with van der Waals surface area (Å²) in [5.74, 6) is 2.87. The zero-order chi connectivity index (χ0) is 11.7. The van der Waals surface area contributed by atoms with Crippen LogP contribution in [-0.4, -0.2) is 13.2 Å². The lowest BCUT2D eigenvalue weighted by Gasteiger charge is -2.26. The summed E-state index contributed by atoms with van der Waals surface area (Å²) >= 11 is 0. The molecular formula is C14H20O2. The standard InChI is InChI=1S/C14H20O2/c1-9(2)11-5-6-12(10(3)4)14-13(11)15-7-8-16-14/h5-6,9-10H,7-8H2,1-4H3. The van der Waals surface area contributed by atoms with Crippen LogP contribution in [0.4, 0.5) is 0 Å². The van der Waals surface area contributed by atoms with Crippen LogP contribution in [0.25, 0.3) is 0 Å². The van der Waals surface area contributed by atoms with Gasteiger partial charge in [-0.1, -0.05) is 39.8 Å². The molecule has 1 aliphatic heterocycles. The van der Waals surface area contributed by atoms with Gasteiger partial charge in [-0.05, 0) is 11.8 Å². The molecule has 0 spiro atoms. The van der Waals surface area contributed by atoms with Crippen LogP contribution in [0.3, 0.4) is 0 Å². The molecule has 0 aliphatic carbocycles. The van der Waals surface area contributed by atoms with Gasteiger partial charge in [0.05, 0.1) is 0 Å². The minimum absolute atomic E-state index is 0.469. The van der Waals surface area contributed by atoms with Crippen LogP contribution < -0.4 is 9.47 Å². The molecule has 88 valence electrons. The Morgan fingerprint density at radius 3 is 1.50 bits per heavy atom. The third kappa shape index (κ3) is 1.89. The molecule has 0 saturated carbocycles. The molecule has 1 aromatic rings. The van der Waals surface area contributed by atoms with Crippen molar-refractivity contribution in [1.29, 1.82) is 0 Å². The number of fused-ring (bicyclic) bond motifs is 1. The van der Waals surface area contributed by atoms with Gasteiger partial charge in [0.25, 0.3) is 0 Å². The lowest BCUT2D eigenvalue weighted by Crippen LogP contribution is -2.18. The molecule has 0 N–H and O–H groups in total. The molecule has 0 atom stereocenters. The lowest BCUT2D eigenvalue weighted by molar-refractivity contribution is 0.167. The van der Waals surface area contributed by atoms with Gasteiger partial charge in [0.2, 0.25) is 0 Å². The van der Waals surface area contributed by atoms with Crippen LogP contribution in [0, 0.1) is 0 Å². The fourth-order valence-corrected chi connectivity index (χ4v) is 2.09. The summed E-state index contributed by atoms with van der Waals surface area (Å²) in [5, 5.41) is 0. The van der Waals surface area contributed by atoms with Gasteiger partial charge in [0.1, 0.15) is 13.2 Å². The fraction of sp³-hybridized carbons (Fsp3) is 0.571. The maximum Gasteiger partial charge on any atom is 0.165 e. The molecule has 2 heteroatoms. The van der Waals surface area contributed by atoms with E-state index < -0.39 is 0 Å². The first kappa shape index (κ1) is 11.3. The summed E-state index contributed by atoms with van der Waals surface area (Å²) in [6.45, 7) is 10.1. The van der Waals surface area contributed by atoms with Gasteiger partial charge in [-0.25, -0.2) is 0 Å². The predicted octanol–water partition coefficient (Wildman–Crippen LogP) is 3.70. The van der Waals surface area contributed by atoms with E-state index in [2.05, 4.69) is 39.8 Å². The van der Waals surface area contributed by atoms with Crippen LogP contribution in [0.5, 0.6) is 11.5 Å². The quantitative estimate of drug-likeness (QED) is 0.756. The van der Waals surface area contributed by atoms with Crippen LogP contribution in [0.15, 0.2) is 12.1 Å². The first-order chi connectivity index (χ1) is 7.61. The Kier molecular flexibility index (Phi) is 3.08. The summed E-state index contributed by atoms with van der Waals surface area (Å²) in [4.78, 5) is 0. The van der Waals surface area contributed by atoms with E-state index in [-0.39, 0.29) is 0 Å². The van der Waals surface area contributed by atoms with E-state index in [0.29, 0.717) is 25.0 Å². The Hall–Kier alpha value is -1.18. The fourth-order valence-electron chi connectivity index (χ4n) is 2.09. The molecule has 1 aromatic carbocycles. The topological polar surface area (TPSA) is 18.5 Å². The summed E-state index contributed by atoms with van der Waals surface area (Å²) in [6.07, 6.45) is 0. The second-order valence-corrected chi connectivity index (χ2v) is 4.91. The normalized spacial score (nSPS) is 14.6. The molecule has 0 amide bonds. The van der Waals surface area contributed by atoms with Crippen molar-refractivity contribution >= 4 is 0 Å². The average Bonchev–Trinajstić information content (AvgIpc) is 2.27. The Labute approximate surface area is 97.6 Å². The van der Waals surface area contributed by atoms with Gasteiger partial charge in [0.15, 0.2) is 11.5 Å². The number of hydrogen-bond donors (Lipinski definition) is 0. The van der Waals surface area contributed by atoms with Crippen LogP contribution in [-0.2, 0) is 0 Å². The summed E-state index contributed by atoms with van der Waals surface area (Å²) in [5.41, 5.74) is 2.50. The third-order valence-electron chi connectivity index (χ3n) is 2.99. The summed E-state index contributed by atoms with van der Waals surface area (Å²) in [7, 11) is 0. The second kappa shape index (κ2) is 4.36. The van der Waals surface area contributed by atoms with E-state index in [1.54, 1.807) is 0 Å². The molecule has 0 saturated heterocycles. The highest BCUT2D eigenvalue weighted by Crippen LogP contribution is 2.42. The Morgan fingerprint density at radius 2 is 1.19 bits per heavy atom. The molecule has 1 aliphatic rings. The molecule has 1 heterocycles. The second-order valence-electron chi connectivity index (χ2n) is 4.91. The molecule has 2 nitrogen and oxygen atoms in total. The number of benzene rings is 1. The van der Waals surface area contributed by atoms with E-state index in [9.17, 15) is 0 Å². The van der Waals surface area contributed by atoms with Crippen LogP contribution >= 0.6 is 0 Å². The largest absolute Gasteiger partial charge is 0.486 e. The van der Waals surface area contributed by atoms with Gasteiger partial charge in [-0.15, -0.1) is 0 Å². The van der Waals surface area contributed by atoms with E-state index in [0.717, 1.165) is 11.5 Å². The highest BCUT2D eigenvalue weighted by atomic mass is 16.6. The molecule has 0 fully saturated rings. The molecule has 0 aromatic heterocycles. The summed E-state index contributed by atoms with van der Waals surface area (Å²) in [6, 6.07) is 4.35. The smallest absolute Gasteiger partial charge is 0.165 e. The maximum atomic E-state index is 5.78. The van der Waals surface area contributed by atoms with Crippen molar-refractivity contribution in [2.24, 2.45) is 0 Å². The lowest BCUT2D eigenvalue weighted by atomic mass is 9.94. The average molecular weight is 220 g/mol. The zero-order valence-corrected chi connectivity index (χ0v) is 10.5. The number of rotatable bonds is 2. The van der Waals surface area contributed by atoms with Crippen molar-refractivity contribution in [2.75, 3.05) is 13.2 Å². The number of ether oxygens (including phenoxy) is 2. The minimum Gasteiger partial charge on any atom is -0.486 e. The van der Waals surface area contributed by atoms with Crippen molar-refractivity contribution in [3.63, 3.8) is 0 Å². The van der Waals surface area contributed by atoms with Crippen LogP contribution in [0.2, 0.25) is 0 Å². The van der Waals surface area contributed by atoms with Gasteiger partial charge in [0, 0.05) is 11.1 Å². The third-order valence-corrected chi connectivity index (χ3v) is 2.99. The van der Waals surface area contributed by atoms with Crippen molar-refractivity contribution in [1.82, 2.24) is 0 Å². The van der Waals surface area contributed by atoms with Gasteiger partial charge < -0.3 is 9.47 Å². The SMILES string of the molecule is CC(C)c1ccc(C(C)C)c2c1OCCO2. The zero-order valence-electron chi connectivity index (χ0n) is 10.5. The van der Waals surface area contributed by atoms with Gasteiger partial charge in [-0.2, -0.15) is 0 Å². The summed E-state index contributed by atoms with van der Waals surface area (Å²) < 4.78 is 11.6. The Bertz CT molecular complexity index is 344. The Morgan fingerprint density at radius 1 is 0.812 bits per heavy atom. The first-order valence-corrected chi connectivity index (χ1v) is 6.03. The Balaban J connectivity index is 2.54. The van der Waals surface area contributed by atoms with Crippen molar-refractivity contribution in [2.45, 2.75) is 39.5 Å². The van der Waals surface area contributed by atoms with Crippen LogP contribution in [0.1, 0.15) is 50.7 Å². The molecule has 0 radical (unpaired) electrons. The minimum atomic E-state index is 0.469. The monoisotopic (exact) mass is 220 g/mol.